The average molecular weight is 362 g/mol. The van der Waals surface area contributed by atoms with Gasteiger partial charge in [-0.25, -0.2) is 16.8 Å². The fourth-order valence-electron chi connectivity index (χ4n) is 1.68. The molecule has 0 spiro atoms. The van der Waals surface area contributed by atoms with Crippen molar-refractivity contribution in [3.8, 4) is 0 Å². The Kier molecular flexibility index (Phi) is 10.5. The number of fused-ring (bicyclic) bond motifs is 1. The summed E-state index contributed by atoms with van der Waals surface area (Å²) in [5.74, 6) is 0. The van der Waals surface area contributed by atoms with Crippen LogP contribution in [-0.4, -0.2) is 32.7 Å². The molecular weight excluding hydrogens is 354 g/mol. The van der Waals surface area contributed by atoms with E-state index in [0.717, 1.165) is 6.07 Å². The van der Waals surface area contributed by atoms with Crippen LogP contribution in [0, 0.1) is 0 Å². The standard InChI is InChI=1S/C10H8O6S2.CH2O.2Na/c11-17(12,13)9-6-5-7-3-1-2-4-8(7)10(9)18(14,15)16;1-2;;/h1-6H,(H,11,12,13)(H,14,15,16);1H2;;/q;;2*+1/p-2. The molecular formula is C11H8Na2O7S2. The Labute approximate surface area is 172 Å². The smallest absolute Gasteiger partial charge is 0.744 e. The molecule has 0 unspecified atom stereocenters. The fraction of sp³-hybridized carbons (Fsp3) is 0. The maximum Gasteiger partial charge on any atom is 1.00 e. The number of benzene rings is 2. The first kappa shape index (κ1) is 24.4. The van der Waals surface area contributed by atoms with Crippen molar-refractivity contribution in [2.24, 2.45) is 0 Å². The zero-order valence-electron chi connectivity index (χ0n) is 11.8. The predicted octanol–water partition coefficient (Wildman–Crippen LogP) is -5.53. The van der Waals surface area contributed by atoms with Crippen molar-refractivity contribution in [3.05, 3.63) is 36.4 Å². The van der Waals surface area contributed by atoms with Crippen molar-refractivity contribution in [1.82, 2.24) is 0 Å². The minimum Gasteiger partial charge on any atom is -0.744 e. The first-order valence-electron chi connectivity index (χ1n) is 4.93. The third kappa shape index (κ3) is 5.68. The van der Waals surface area contributed by atoms with Gasteiger partial charge in [-0.2, -0.15) is 0 Å². The maximum atomic E-state index is 11.2. The van der Waals surface area contributed by atoms with Gasteiger partial charge < -0.3 is 13.9 Å². The largest absolute Gasteiger partial charge is 1.00 e. The van der Waals surface area contributed by atoms with Crippen LogP contribution in [0.15, 0.2) is 46.2 Å². The van der Waals surface area contributed by atoms with Gasteiger partial charge in [-0.05, 0) is 11.5 Å². The van der Waals surface area contributed by atoms with E-state index in [1.807, 2.05) is 6.79 Å². The summed E-state index contributed by atoms with van der Waals surface area (Å²) in [4.78, 5) is 5.99. The van der Waals surface area contributed by atoms with Crippen LogP contribution in [-0.2, 0) is 25.0 Å². The Morgan fingerprint density at radius 3 is 1.73 bits per heavy atom. The molecule has 0 aliphatic carbocycles. The van der Waals surface area contributed by atoms with Gasteiger partial charge in [-0.3, -0.25) is 0 Å². The van der Waals surface area contributed by atoms with Crippen molar-refractivity contribution < 1.29 is 89.9 Å². The molecule has 0 radical (unpaired) electrons. The molecule has 108 valence electrons. The van der Waals surface area contributed by atoms with Crippen molar-refractivity contribution in [2.75, 3.05) is 0 Å². The summed E-state index contributed by atoms with van der Waals surface area (Å²) < 4.78 is 66.4. The van der Waals surface area contributed by atoms with Crippen LogP contribution < -0.4 is 59.1 Å². The molecule has 0 heterocycles. The molecule has 0 aliphatic rings. The van der Waals surface area contributed by atoms with Gasteiger partial charge >= 0.3 is 59.1 Å². The van der Waals surface area contributed by atoms with Gasteiger partial charge in [0, 0.05) is 5.39 Å². The zero-order valence-corrected chi connectivity index (χ0v) is 17.5. The average Bonchev–Trinajstić information content (AvgIpc) is 2.37. The van der Waals surface area contributed by atoms with Crippen molar-refractivity contribution in [1.29, 1.82) is 0 Å². The molecule has 0 fully saturated rings. The van der Waals surface area contributed by atoms with Crippen LogP contribution in [0.4, 0.5) is 0 Å². The van der Waals surface area contributed by atoms with Gasteiger partial charge in [0.05, 0.1) is 9.79 Å². The molecule has 0 atom stereocenters. The monoisotopic (exact) mass is 362 g/mol. The SMILES string of the molecule is C=O.O=S(=O)([O-])c1ccc2ccccc2c1S(=O)(=O)[O-].[Na+].[Na+]. The molecule has 0 saturated heterocycles. The number of carbonyl (C=O) groups is 1. The molecule has 0 amide bonds. The van der Waals surface area contributed by atoms with E-state index in [9.17, 15) is 25.9 Å². The summed E-state index contributed by atoms with van der Waals surface area (Å²) in [5.41, 5.74) is 0. The van der Waals surface area contributed by atoms with Gasteiger partial charge in [0.15, 0.2) is 0 Å². The van der Waals surface area contributed by atoms with E-state index in [1.54, 1.807) is 6.07 Å². The van der Waals surface area contributed by atoms with Crippen LogP contribution in [0.5, 0.6) is 0 Å². The minimum atomic E-state index is -5.07. The van der Waals surface area contributed by atoms with Gasteiger partial charge in [0.25, 0.3) is 0 Å². The van der Waals surface area contributed by atoms with Crippen LogP contribution in [0.3, 0.4) is 0 Å². The summed E-state index contributed by atoms with van der Waals surface area (Å²) in [6.07, 6.45) is 0. The maximum absolute atomic E-state index is 11.2. The molecule has 0 bridgehead atoms. The molecule has 2 aromatic carbocycles. The Bertz CT molecular complexity index is 848. The van der Waals surface area contributed by atoms with E-state index < -0.39 is 30.0 Å². The first-order chi connectivity index (χ1) is 9.21. The van der Waals surface area contributed by atoms with Crippen molar-refractivity contribution in [2.45, 2.75) is 9.79 Å². The predicted molar refractivity (Wildman–Crippen MR) is 67.0 cm³/mol. The van der Waals surface area contributed by atoms with Crippen LogP contribution >= 0.6 is 0 Å². The van der Waals surface area contributed by atoms with E-state index >= 15 is 0 Å². The second kappa shape index (κ2) is 9.48. The molecule has 0 saturated carbocycles. The van der Waals surface area contributed by atoms with E-state index in [-0.39, 0.29) is 64.5 Å². The summed E-state index contributed by atoms with van der Waals surface area (Å²) in [7, 11) is -10.1. The Morgan fingerprint density at radius 2 is 1.27 bits per heavy atom. The molecule has 2 rings (SSSR count). The summed E-state index contributed by atoms with van der Waals surface area (Å²) >= 11 is 0. The van der Waals surface area contributed by atoms with Crippen LogP contribution in [0.1, 0.15) is 0 Å². The number of hydrogen-bond donors (Lipinski definition) is 0. The number of hydrogen-bond acceptors (Lipinski definition) is 7. The second-order valence-electron chi connectivity index (χ2n) is 3.52. The van der Waals surface area contributed by atoms with E-state index in [1.165, 1.54) is 24.3 Å². The van der Waals surface area contributed by atoms with Gasteiger partial charge in [-0.15, -0.1) is 0 Å². The van der Waals surface area contributed by atoms with Gasteiger partial charge in [0.2, 0.25) is 0 Å². The molecule has 22 heavy (non-hydrogen) atoms. The zero-order chi connectivity index (χ0) is 15.6. The third-order valence-corrected chi connectivity index (χ3v) is 4.31. The summed E-state index contributed by atoms with van der Waals surface area (Å²) in [5, 5.41) is 0.281. The third-order valence-electron chi connectivity index (χ3n) is 2.36. The molecule has 0 aliphatic heterocycles. The van der Waals surface area contributed by atoms with Gasteiger partial charge in [0.1, 0.15) is 27.0 Å². The van der Waals surface area contributed by atoms with Crippen LogP contribution in [0.25, 0.3) is 10.8 Å². The first-order valence-corrected chi connectivity index (χ1v) is 7.75. The van der Waals surface area contributed by atoms with Gasteiger partial charge in [-0.1, -0.05) is 30.3 Å². The normalized spacial score (nSPS) is 10.6. The minimum absolute atomic E-state index is 0. The fourth-order valence-corrected chi connectivity index (χ4v) is 3.63. The van der Waals surface area contributed by atoms with E-state index in [0.29, 0.717) is 5.39 Å². The molecule has 7 nitrogen and oxygen atoms in total. The quantitative estimate of drug-likeness (QED) is 0.384. The Morgan fingerprint density at radius 1 is 0.773 bits per heavy atom. The molecule has 2 aromatic rings. The molecule has 0 N–H and O–H groups in total. The van der Waals surface area contributed by atoms with Crippen LogP contribution in [0.2, 0.25) is 0 Å². The van der Waals surface area contributed by atoms with E-state index in [2.05, 4.69) is 0 Å². The van der Waals surface area contributed by atoms with Crippen molar-refractivity contribution in [3.63, 3.8) is 0 Å². The Balaban J connectivity index is 0. The molecule has 0 aromatic heterocycles. The topological polar surface area (TPSA) is 131 Å². The van der Waals surface area contributed by atoms with Crippen molar-refractivity contribution >= 4 is 37.8 Å². The van der Waals surface area contributed by atoms with E-state index in [4.69, 9.17) is 4.79 Å². The Hall–Kier alpha value is 0.190. The molecule has 11 heteroatoms. The second-order valence-corrected chi connectivity index (χ2v) is 6.19. The summed E-state index contributed by atoms with van der Waals surface area (Å²) in [6, 6.07) is 7.91. The summed E-state index contributed by atoms with van der Waals surface area (Å²) in [6.45, 7) is 2.00. The number of carbonyl (C=O) groups excluding carboxylic acids is 1. The number of rotatable bonds is 2.